The van der Waals surface area contributed by atoms with Crippen LogP contribution in [0.5, 0.6) is 0 Å². The zero-order valence-corrected chi connectivity index (χ0v) is 14.1. The first kappa shape index (κ1) is 17.3. The van der Waals surface area contributed by atoms with E-state index < -0.39 is 6.09 Å². The Morgan fingerprint density at radius 2 is 1.96 bits per heavy atom. The maximum absolute atomic E-state index is 13.2. The topological polar surface area (TPSA) is 68.5 Å². The van der Waals surface area contributed by atoms with Crippen molar-refractivity contribution in [2.45, 2.75) is 6.92 Å². The largest absolute Gasteiger partial charge is 0.449 e. The number of rotatable bonds is 5. The van der Waals surface area contributed by atoms with Crippen molar-refractivity contribution in [2.75, 3.05) is 6.61 Å². The Morgan fingerprint density at radius 3 is 2.65 bits per heavy atom. The van der Waals surface area contributed by atoms with Crippen molar-refractivity contribution < 1.29 is 13.9 Å². The fraction of sp³-hybridized carbons (Fsp3) is 0.105. The molecule has 0 aliphatic carbocycles. The number of hydrogen-bond donors (Lipinski definition) is 1. The Labute approximate surface area is 149 Å². The van der Waals surface area contributed by atoms with Crippen LogP contribution in [0.3, 0.4) is 0 Å². The molecule has 1 heterocycles. The standard InChI is InChI=1S/C19H17FN4O2/c1-2-26-19(25)22-21-12-15-13-24(17-6-4-3-5-7-17)23-18(15)14-8-10-16(20)11-9-14/h3-13H,2H2,1H3,(H,22,25)/b21-12-. The molecule has 1 N–H and O–H groups in total. The molecule has 0 unspecified atom stereocenters. The monoisotopic (exact) mass is 352 g/mol. The van der Waals surface area contributed by atoms with Gasteiger partial charge in [-0.1, -0.05) is 18.2 Å². The van der Waals surface area contributed by atoms with Crippen LogP contribution < -0.4 is 5.43 Å². The lowest BCUT2D eigenvalue weighted by Gasteiger charge is -2.00. The predicted molar refractivity (Wildman–Crippen MR) is 96.7 cm³/mol. The lowest BCUT2D eigenvalue weighted by Crippen LogP contribution is -2.18. The maximum Gasteiger partial charge on any atom is 0.427 e. The van der Waals surface area contributed by atoms with Crippen molar-refractivity contribution in [1.82, 2.24) is 15.2 Å². The first-order valence-electron chi connectivity index (χ1n) is 8.04. The molecule has 0 aliphatic rings. The van der Waals surface area contributed by atoms with Gasteiger partial charge in [0.25, 0.3) is 0 Å². The lowest BCUT2D eigenvalue weighted by molar-refractivity contribution is 0.152. The van der Waals surface area contributed by atoms with Crippen LogP contribution in [0.4, 0.5) is 9.18 Å². The van der Waals surface area contributed by atoms with Crippen molar-refractivity contribution >= 4 is 12.3 Å². The number of hydrogen-bond acceptors (Lipinski definition) is 4. The van der Waals surface area contributed by atoms with Crippen molar-refractivity contribution in [3.63, 3.8) is 0 Å². The summed E-state index contributed by atoms with van der Waals surface area (Å²) in [7, 11) is 0. The molecule has 132 valence electrons. The fourth-order valence-electron chi connectivity index (χ4n) is 2.34. The van der Waals surface area contributed by atoms with Gasteiger partial charge in [-0.25, -0.2) is 19.3 Å². The first-order valence-corrected chi connectivity index (χ1v) is 8.04. The minimum Gasteiger partial charge on any atom is -0.449 e. The van der Waals surface area contributed by atoms with E-state index in [-0.39, 0.29) is 12.4 Å². The van der Waals surface area contributed by atoms with E-state index in [1.807, 2.05) is 30.3 Å². The van der Waals surface area contributed by atoms with Gasteiger partial charge in [0.15, 0.2) is 0 Å². The summed E-state index contributed by atoms with van der Waals surface area (Å²) in [6.07, 6.45) is 2.62. The van der Waals surface area contributed by atoms with E-state index in [0.29, 0.717) is 11.3 Å². The summed E-state index contributed by atoms with van der Waals surface area (Å²) in [5.74, 6) is -0.324. The van der Waals surface area contributed by atoms with E-state index in [1.54, 1.807) is 29.9 Å². The number of aromatic nitrogens is 2. The molecule has 0 aliphatic heterocycles. The minimum absolute atomic E-state index is 0.258. The molecule has 6 nitrogen and oxygen atoms in total. The van der Waals surface area contributed by atoms with E-state index in [9.17, 15) is 9.18 Å². The van der Waals surface area contributed by atoms with Gasteiger partial charge in [-0.2, -0.15) is 10.2 Å². The molecule has 26 heavy (non-hydrogen) atoms. The highest BCUT2D eigenvalue weighted by Crippen LogP contribution is 2.23. The number of nitrogens with one attached hydrogen (secondary N) is 1. The second-order valence-corrected chi connectivity index (χ2v) is 5.31. The van der Waals surface area contributed by atoms with Gasteiger partial charge < -0.3 is 4.74 Å². The summed E-state index contributed by atoms with van der Waals surface area (Å²) in [5, 5.41) is 8.47. The van der Waals surface area contributed by atoms with Gasteiger partial charge in [0.05, 0.1) is 18.5 Å². The van der Waals surface area contributed by atoms with Crippen LogP contribution in [0, 0.1) is 5.82 Å². The number of carbonyl (C=O) groups is 1. The Kier molecular flexibility index (Phi) is 5.38. The molecule has 0 spiro atoms. The molecular weight excluding hydrogens is 335 g/mol. The SMILES string of the molecule is CCOC(=O)N/N=C\c1cn(-c2ccccc2)nc1-c1ccc(F)cc1. The number of ether oxygens (including phenoxy) is 1. The van der Waals surface area contributed by atoms with Crippen molar-refractivity contribution in [3.8, 4) is 16.9 Å². The predicted octanol–water partition coefficient (Wildman–Crippen LogP) is 3.76. The highest BCUT2D eigenvalue weighted by molar-refractivity contribution is 5.89. The zero-order chi connectivity index (χ0) is 18.4. The van der Waals surface area contributed by atoms with Gasteiger partial charge in [0.2, 0.25) is 0 Å². The number of halogens is 1. The summed E-state index contributed by atoms with van der Waals surface area (Å²) < 4.78 is 19.7. The molecule has 0 fully saturated rings. The van der Waals surface area contributed by atoms with Crippen LogP contribution in [0.1, 0.15) is 12.5 Å². The fourth-order valence-corrected chi connectivity index (χ4v) is 2.34. The van der Waals surface area contributed by atoms with Crippen LogP contribution in [0.25, 0.3) is 16.9 Å². The Hall–Kier alpha value is -3.48. The third-order valence-electron chi connectivity index (χ3n) is 3.52. The van der Waals surface area contributed by atoms with Crippen molar-refractivity contribution in [2.24, 2.45) is 5.10 Å². The highest BCUT2D eigenvalue weighted by atomic mass is 19.1. The molecule has 0 saturated heterocycles. The van der Waals surface area contributed by atoms with Gasteiger partial charge in [-0.15, -0.1) is 0 Å². The molecule has 1 aromatic heterocycles. The third-order valence-corrected chi connectivity index (χ3v) is 3.52. The van der Waals surface area contributed by atoms with E-state index in [4.69, 9.17) is 4.74 Å². The number of benzene rings is 2. The highest BCUT2D eigenvalue weighted by Gasteiger charge is 2.11. The van der Waals surface area contributed by atoms with Gasteiger partial charge in [0, 0.05) is 17.3 Å². The van der Waals surface area contributed by atoms with Crippen LogP contribution in [0.15, 0.2) is 65.9 Å². The van der Waals surface area contributed by atoms with E-state index in [0.717, 1.165) is 11.3 Å². The molecular formula is C19H17FN4O2. The number of para-hydroxylation sites is 1. The average Bonchev–Trinajstić information content (AvgIpc) is 3.07. The van der Waals surface area contributed by atoms with Gasteiger partial charge >= 0.3 is 6.09 Å². The summed E-state index contributed by atoms with van der Waals surface area (Å²) in [6.45, 7) is 1.97. The Bertz CT molecular complexity index is 905. The molecule has 0 atom stereocenters. The van der Waals surface area contributed by atoms with Gasteiger partial charge in [-0.3, -0.25) is 0 Å². The molecule has 7 heteroatoms. The molecule has 2 aromatic carbocycles. The smallest absolute Gasteiger partial charge is 0.427 e. The van der Waals surface area contributed by atoms with Gasteiger partial charge in [-0.05, 0) is 43.3 Å². The number of amides is 1. The number of hydrazone groups is 1. The Morgan fingerprint density at radius 1 is 1.23 bits per heavy atom. The molecule has 1 amide bonds. The van der Waals surface area contributed by atoms with E-state index in [2.05, 4.69) is 15.6 Å². The summed E-state index contributed by atoms with van der Waals surface area (Å²) >= 11 is 0. The first-order chi connectivity index (χ1) is 12.7. The second-order valence-electron chi connectivity index (χ2n) is 5.31. The summed E-state index contributed by atoms with van der Waals surface area (Å²) in [4.78, 5) is 11.3. The van der Waals surface area contributed by atoms with Crippen LogP contribution in [-0.4, -0.2) is 28.7 Å². The second kappa shape index (κ2) is 8.06. The summed E-state index contributed by atoms with van der Waals surface area (Å²) in [6, 6.07) is 15.6. The van der Waals surface area contributed by atoms with E-state index in [1.165, 1.54) is 18.3 Å². The third kappa shape index (κ3) is 4.13. The molecule has 0 bridgehead atoms. The minimum atomic E-state index is -0.637. The van der Waals surface area contributed by atoms with Gasteiger partial charge in [0.1, 0.15) is 11.5 Å². The maximum atomic E-state index is 13.2. The number of nitrogens with zero attached hydrogens (tertiary/aromatic N) is 3. The lowest BCUT2D eigenvalue weighted by atomic mass is 10.1. The quantitative estimate of drug-likeness (QED) is 0.561. The van der Waals surface area contributed by atoms with Crippen LogP contribution >= 0.6 is 0 Å². The van der Waals surface area contributed by atoms with Crippen molar-refractivity contribution in [1.29, 1.82) is 0 Å². The van der Waals surface area contributed by atoms with Crippen LogP contribution in [0.2, 0.25) is 0 Å². The average molecular weight is 352 g/mol. The molecule has 3 aromatic rings. The van der Waals surface area contributed by atoms with Crippen LogP contribution in [-0.2, 0) is 4.74 Å². The summed E-state index contributed by atoms with van der Waals surface area (Å²) in [5.41, 5.74) is 5.16. The Balaban J connectivity index is 1.95. The van der Waals surface area contributed by atoms with E-state index >= 15 is 0 Å². The normalized spacial score (nSPS) is 10.8. The molecule has 0 saturated carbocycles. The van der Waals surface area contributed by atoms with Crippen molar-refractivity contribution in [3.05, 3.63) is 72.2 Å². The molecule has 3 rings (SSSR count). The zero-order valence-electron chi connectivity index (χ0n) is 14.1. The number of carbonyl (C=O) groups excluding carboxylic acids is 1. The molecule has 0 radical (unpaired) electrons.